The molecule has 1 aromatic heterocycles. The quantitative estimate of drug-likeness (QED) is 0.664. The Hall–Kier alpha value is -1.97. The Kier molecular flexibility index (Phi) is 3.38. The number of benzene rings is 2. The van der Waals surface area contributed by atoms with Crippen LogP contribution in [-0.2, 0) is 0 Å². The van der Waals surface area contributed by atoms with E-state index in [1.165, 1.54) is 0 Å². The van der Waals surface area contributed by atoms with Crippen molar-refractivity contribution >= 4 is 51.2 Å². The minimum Gasteiger partial charge on any atom is -0.398 e. The first kappa shape index (κ1) is 13.0. The van der Waals surface area contributed by atoms with E-state index in [9.17, 15) is 0 Å². The number of nitrogens with zero attached hydrogens (tertiary/aromatic N) is 1. The maximum absolute atomic E-state index is 6.00. The number of anilines is 3. The molecule has 1 heterocycles. The molecular weight excluding hydrogens is 293 g/mol. The average molecular weight is 304 g/mol. The third-order valence-corrected chi connectivity index (χ3v) is 3.38. The summed E-state index contributed by atoms with van der Waals surface area (Å²) in [7, 11) is 0. The van der Waals surface area contributed by atoms with Gasteiger partial charge in [0.15, 0.2) is 0 Å². The van der Waals surface area contributed by atoms with E-state index in [1.54, 1.807) is 24.4 Å². The fourth-order valence-corrected chi connectivity index (χ4v) is 2.60. The highest BCUT2D eigenvalue weighted by Gasteiger charge is 2.06. The van der Waals surface area contributed by atoms with E-state index in [2.05, 4.69) is 10.3 Å². The molecule has 0 radical (unpaired) electrons. The van der Waals surface area contributed by atoms with Crippen molar-refractivity contribution in [1.29, 1.82) is 0 Å². The monoisotopic (exact) mass is 303 g/mol. The van der Waals surface area contributed by atoms with Crippen molar-refractivity contribution in [3.63, 3.8) is 0 Å². The Morgan fingerprint density at radius 2 is 1.75 bits per heavy atom. The van der Waals surface area contributed by atoms with Crippen LogP contribution in [0.3, 0.4) is 0 Å². The van der Waals surface area contributed by atoms with Crippen LogP contribution < -0.4 is 11.1 Å². The number of halogens is 2. The Balaban J connectivity index is 2.09. The van der Waals surface area contributed by atoms with Gasteiger partial charge in [0.2, 0.25) is 0 Å². The summed E-state index contributed by atoms with van der Waals surface area (Å²) < 4.78 is 0. The van der Waals surface area contributed by atoms with Crippen LogP contribution >= 0.6 is 23.2 Å². The van der Waals surface area contributed by atoms with E-state index in [0.717, 1.165) is 22.3 Å². The first-order valence-electron chi connectivity index (χ1n) is 6.00. The highest BCUT2D eigenvalue weighted by atomic mass is 35.5. The Morgan fingerprint density at radius 1 is 1.00 bits per heavy atom. The molecule has 2 aromatic carbocycles. The topological polar surface area (TPSA) is 50.9 Å². The van der Waals surface area contributed by atoms with E-state index < -0.39 is 0 Å². The van der Waals surface area contributed by atoms with Gasteiger partial charge in [0, 0.05) is 33.0 Å². The molecule has 0 amide bonds. The summed E-state index contributed by atoms with van der Waals surface area (Å²) in [6.07, 6.45) is 1.73. The normalized spacial score (nSPS) is 10.7. The molecule has 0 saturated heterocycles. The van der Waals surface area contributed by atoms with Crippen LogP contribution in [-0.4, -0.2) is 4.98 Å². The molecule has 0 aliphatic rings. The summed E-state index contributed by atoms with van der Waals surface area (Å²) in [5.74, 6) is 0. The molecule has 20 heavy (non-hydrogen) atoms. The molecule has 0 aliphatic carbocycles. The highest BCUT2D eigenvalue weighted by Crippen LogP contribution is 2.30. The molecule has 0 unspecified atom stereocenters. The predicted octanol–water partition coefficient (Wildman–Crippen LogP) is 4.87. The van der Waals surface area contributed by atoms with Crippen molar-refractivity contribution in [3.05, 3.63) is 58.7 Å². The third-order valence-electron chi connectivity index (χ3n) is 2.94. The number of rotatable bonds is 2. The molecule has 100 valence electrons. The SMILES string of the molecule is Nc1ccc(Nc2cc(Cl)cc(Cl)c2)c2ncccc12. The lowest BCUT2D eigenvalue weighted by Crippen LogP contribution is -1.95. The standard InChI is InChI=1S/C15H11Cl2N3/c16-9-6-10(17)8-11(7-9)20-14-4-3-13(18)12-2-1-5-19-15(12)14/h1-8,20H,18H2. The minimum absolute atomic E-state index is 0.577. The first-order chi connectivity index (χ1) is 9.63. The summed E-state index contributed by atoms with van der Waals surface area (Å²) in [5, 5.41) is 5.33. The number of nitrogens with two attached hydrogens (primary N) is 1. The van der Waals surface area contributed by atoms with Gasteiger partial charge < -0.3 is 11.1 Å². The molecule has 0 spiro atoms. The predicted molar refractivity (Wildman–Crippen MR) is 85.9 cm³/mol. The summed E-state index contributed by atoms with van der Waals surface area (Å²) in [6.45, 7) is 0. The summed E-state index contributed by atoms with van der Waals surface area (Å²) in [5.41, 5.74) is 9.12. The van der Waals surface area contributed by atoms with E-state index in [0.29, 0.717) is 15.7 Å². The lowest BCUT2D eigenvalue weighted by Gasteiger charge is -2.11. The Morgan fingerprint density at radius 3 is 2.50 bits per heavy atom. The van der Waals surface area contributed by atoms with Crippen molar-refractivity contribution in [1.82, 2.24) is 4.98 Å². The van der Waals surface area contributed by atoms with Crippen molar-refractivity contribution in [2.75, 3.05) is 11.1 Å². The van der Waals surface area contributed by atoms with Gasteiger partial charge >= 0.3 is 0 Å². The number of fused-ring (bicyclic) bond motifs is 1. The second-order valence-electron chi connectivity index (χ2n) is 4.39. The van der Waals surface area contributed by atoms with Gasteiger partial charge in [0.05, 0.1) is 11.2 Å². The first-order valence-corrected chi connectivity index (χ1v) is 6.75. The fraction of sp³-hybridized carbons (Fsp3) is 0. The third kappa shape index (κ3) is 2.50. The fourth-order valence-electron chi connectivity index (χ4n) is 2.08. The second kappa shape index (κ2) is 5.19. The van der Waals surface area contributed by atoms with Crippen LogP contribution in [0.15, 0.2) is 48.7 Å². The number of pyridine rings is 1. The van der Waals surface area contributed by atoms with Gasteiger partial charge in [0.1, 0.15) is 0 Å². The Labute approximate surface area is 126 Å². The number of nitrogen functional groups attached to an aromatic ring is 1. The van der Waals surface area contributed by atoms with Crippen LogP contribution in [0.1, 0.15) is 0 Å². The summed E-state index contributed by atoms with van der Waals surface area (Å²) in [6, 6.07) is 12.8. The van der Waals surface area contributed by atoms with Gasteiger partial charge in [-0.1, -0.05) is 23.2 Å². The zero-order chi connectivity index (χ0) is 14.1. The molecule has 3 N–H and O–H groups in total. The van der Waals surface area contributed by atoms with Gasteiger partial charge in [-0.05, 0) is 42.5 Å². The lowest BCUT2D eigenvalue weighted by molar-refractivity contribution is 1.40. The van der Waals surface area contributed by atoms with Gasteiger partial charge in [0.25, 0.3) is 0 Å². The largest absolute Gasteiger partial charge is 0.398 e. The second-order valence-corrected chi connectivity index (χ2v) is 5.26. The van der Waals surface area contributed by atoms with Crippen molar-refractivity contribution < 1.29 is 0 Å². The van der Waals surface area contributed by atoms with Crippen molar-refractivity contribution in [3.8, 4) is 0 Å². The molecule has 0 saturated carbocycles. The van der Waals surface area contributed by atoms with Crippen LogP contribution in [0, 0.1) is 0 Å². The van der Waals surface area contributed by atoms with Crippen LogP contribution in [0.2, 0.25) is 10.0 Å². The van der Waals surface area contributed by atoms with E-state index in [-0.39, 0.29) is 0 Å². The number of hydrogen-bond acceptors (Lipinski definition) is 3. The van der Waals surface area contributed by atoms with E-state index in [1.807, 2.05) is 24.3 Å². The number of nitrogens with one attached hydrogen (secondary N) is 1. The van der Waals surface area contributed by atoms with Gasteiger partial charge in [-0.25, -0.2) is 0 Å². The van der Waals surface area contributed by atoms with Gasteiger partial charge in [-0.2, -0.15) is 0 Å². The summed E-state index contributed by atoms with van der Waals surface area (Å²) in [4.78, 5) is 4.37. The molecule has 0 atom stereocenters. The van der Waals surface area contributed by atoms with E-state index >= 15 is 0 Å². The molecule has 0 aliphatic heterocycles. The van der Waals surface area contributed by atoms with E-state index in [4.69, 9.17) is 28.9 Å². The zero-order valence-electron chi connectivity index (χ0n) is 10.4. The molecule has 0 fully saturated rings. The molecule has 3 rings (SSSR count). The van der Waals surface area contributed by atoms with Crippen LogP contribution in [0.25, 0.3) is 10.9 Å². The smallest absolute Gasteiger partial charge is 0.0957 e. The van der Waals surface area contributed by atoms with Gasteiger partial charge in [-0.15, -0.1) is 0 Å². The number of aromatic nitrogens is 1. The molecule has 5 heteroatoms. The lowest BCUT2D eigenvalue weighted by atomic mass is 10.1. The molecule has 0 bridgehead atoms. The van der Waals surface area contributed by atoms with Gasteiger partial charge in [-0.3, -0.25) is 4.98 Å². The van der Waals surface area contributed by atoms with Crippen LogP contribution in [0.5, 0.6) is 0 Å². The Bertz CT molecular complexity index is 767. The van der Waals surface area contributed by atoms with Crippen molar-refractivity contribution in [2.24, 2.45) is 0 Å². The zero-order valence-corrected chi connectivity index (χ0v) is 11.9. The van der Waals surface area contributed by atoms with Crippen molar-refractivity contribution in [2.45, 2.75) is 0 Å². The maximum atomic E-state index is 6.00. The number of hydrogen-bond donors (Lipinski definition) is 2. The highest BCUT2D eigenvalue weighted by molar-refractivity contribution is 6.35. The molecule has 3 nitrogen and oxygen atoms in total. The average Bonchev–Trinajstić information content (AvgIpc) is 2.41. The van der Waals surface area contributed by atoms with Crippen LogP contribution in [0.4, 0.5) is 17.1 Å². The minimum atomic E-state index is 0.577. The molecule has 3 aromatic rings. The summed E-state index contributed by atoms with van der Waals surface area (Å²) >= 11 is 12.0. The maximum Gasteiger partial charge on any atom is 0.0957 e. The molecular formula is C15H11Cl2N3.